The lowest BCUT2D eigenvalue weighted by atomic mass is 10.4. The number of aliphatic hydroxyl groups is 1. The summed E-state index contributed by atoms with van der Waals surface area (Å²) in [7, 11) is 0. The van der Waals surface area contributed by atoms with E-state index in [1.165, 1.54) is 0 Å². The van der Waals surface area contributed by atoms with E-state index >= 15 is 0 Å². The smallest absolute Gasteiger partial charge is 0.0784 e. The highest BCUT2D eigenvalue weighted by atomic mass is 16.5. The van der Waals surface area contributed by atoms with Crippen LogP contribution >= 0.6 is 0 Å². The van der Waals surface area contributed by atoms with Gasteiger partial charge in [-0.3, -0.25) is 0 Å². The van der Waals surface area contributed by atoms with Gasteiger partial charge in [-0.2, -0.15) is 0 Å². The van der Waals surface area contributed by atoms with Gasteiger partial charge in [0.05, 0.1) is 32.0 Å². The zero-order chi connectivity index (χ0) is 10.1. The van der Waals surface area contributed by atoms with Crippen LogP contribution in [0.1, 0.15) is 20.8 Å². The third-order valence-electron chi connectivity index (χ3n) is 1.34. The Bertz CT molecular complexity index is 132. The van der Waals surface area contributed by atoms with Crippen LogP contribution in [0.4, 0.5) is 0 Å². The van der Waals surface area contributed by atoms with Crippen LogP contribution in [0, 0.1) is 0 Å². The predicted octanol–water partition coefficient (Wildman–Crippen LogP) is 1.36. The molecular weight excluding hydrogens is 168 g/mol. The van der Waals surface area contributed by atoms with E-state index in [0.29, 0.717) is 13.2 Å². The second-order valence-electron chi connectivity index (χ2n) is 3.19. The molecule has 0 unspecified atom stereocenters. The van der Waals surface area contributed by atoms with Crippen LogP contribution < -0.4 is 0 Å². The first-order valence-electron chi connectivity index (χ1n) is 4.66. The summed E-state index contributed by atoms with van der Waals surface area (Å²) in [6, 6.07) is 0. The Hall–Kier alpha value is -0.380. The van der Waals surface area contributed by atoms with Gasteiger partial charge < -0.3 is 14.6 Å². The molecule has 78 valence electrons. The molecule has 0 aliphatic heterocycles. The minimum absolute atomic E-state index is 0.0708. The van der Waals surface area contributed by atoms with Crippen molar-refractivity contribution in [3.8, 4) is 0 Å². The summed E-state index contributed by atoms with van der Waals surface area (Å²) in [5, 5.41) is 8.43. The van der Waals surface area contributed by atoms with Gasteiger partial charge >= 0.3 is 0 Å². The van der Waals surface area contributed by atoms with Crippen LogP contribution in [0.2, 0.25) is 0 Å². The Balaban J connectivity index is 3.26. The summed E-state index contributed by atoms with van der Waals surface area (Å²) >= 11 is 0. The largest absolute Gasteiger partial charge is 0.392 e. The van der Waals surface area contributed by atoms with E-state index in [-0.39, 0.29) is 18.8 Å². The van der Waals surface area contributed by atoms with Crippen LogP contribution in [-0.2, 0) is 9.47 Å². The molecule has 0 saturated heterocycles. The Labute approximate surface area is 80.4 Å². The van der Waals surface area contributed by atoms with Gasteiger partial charge in [-0.15, -0.1) is 0 Å². The van der Waals surface area contributed by atoms with Crippen molar-refractivity contribution in [2.75, 3.05) is 19.8 Å². The highest BCUT2D eigenvalue weighted by Crippen LogP contribution is 1.97. The first-order chi connectivity index (χ1) is 6.16. The summed E-state index contributed by atoms with van der Waals surface area (Å²) in [6.45, 7) is 7.18. The van der Waals surface area contributed by atoms with E-state index in [0.717, 1.165) is 0 Å². The van der Waals surface area contributed by atoms with E-state index in [1.54, 1.807) is 12.2 Å². The van der Waals surface area contributed by atoms with Crippen LogP contribution in [0.5, 0.6) is 0 Å². The minimum atomic E-state index is 0.0708. The Kier molecular flexibility index (Phi) is 7.99. The van der Waals surface area contributed by atoms with Crippen molar-refractivity contribution in [2.45, 2.75) is 33.0 Å². The Morgan fingerprint density at radius 3 is 2.46 bits per heavy atom. The van der Waals surface area contributed by atoms with Gasteiger partial charge in [0, 0.05) is 0 Å². The third-order valence-corrected chi connectivity index (χ3v) is 1.34. The molecule has 13 heavy (non-hydrogen) atoms. The van der Waals surface area contributed by atoms with E-state index in [1.807, 2.05) is 20.8 Å². The molecule has 0 amide bonds. The fraction of sp³-hybridized carbons (Fsp3) is 0.800. The van der Waals surface area contributed by atoms with Gasteiger partial charge in [0.25, 0.3) is 0 Å². The SMILES string of the molecule is CC(C)O[C@H](C)COC/C=C\CO. The van der Waals surface area contributed by atoms with Crippen molar-refractivity contribution in [1.29, 1.82) is 0 Å². The van der Waals surface area contributed by atoms with E-state index in [4.69, 9.17) is 14.6 Å². The van der Waals surface area contributed by atoms with Gasteiger partial charge in [0.2, 0.25) is 0 Å². The van der Waals surface area contributed by atoms with E-state index in [9.17, 15) is 0 Å². The Morgan fingerprint density at radius 1 is 1.23 bits per heavy atom. The molecule has 3 nitrogen and oxygen atoms in total. The molecule has 0 aliphatic carbocycles. The molecule has 1 N–H and O–H groups in total. The van der Waals surface area contributed by atoms with E-state index in [2.05, 4.69) is 0 Å². The molecule has 0 heterocycles. The molecule has 3 heteroatoms. The monoisotopic (exact) mass is 188 g/mol. The van der Waals surface area contributed by atoms with Gasteiger partial charge in [-0.1, -0.05) is 12.2 Å². The van der Waals surface area contributed by atoms with Crippen molar-refractivity contribution in [1.82, 2.24) is 0 Å². The normalized spacial score (nSPS) is 14.2. The summed E-state index contributed by atoms with van der Waals surface area (Å²) in [4.78, 5) is 0. The van der Waals surface area contributed by atoms with Gasteiger partial charge in [-0.05, 0) is 20.8 Å². The second kappa shape index (κ2) is 8.23. The number of hydrogen-bond donors (Lipinski definition) is 1. The first kappa shape index (κ1) is 12.6. The van der Waals surface area contributed by atoms with Gasteiger partial charge in [0.1, 0.15) is 0 Å². The molecule has 0 saturated carbocycles. The molecular formula is C10H20O3. The van der Waals surface area contributed by atoms with Crippen LogP contribution in [0.15, 0.2) is 12.2 Å². The summed E-state index contributed by atoms with van der Waals surface area (Å²) in [5.41, 5.74) is 0. The molecule has 0 rings (SSSR count). The molecule has 0 aromatic carbocycles. The highest BCUT2D eigenvalue weighted by Gasteiger charge is 2.03. The average molecular weight is 188 g/mol. The lowest BCUT2D eigenvalue weighted by molar-refractivity contribution is -0.0296. The fourth-order valence-corrected chi connectivity index (χ4v) is 0.949. The van der Waals surface area contributed by atoms with Crippen LogP contribution in [0.25, 0.3) is 0 Å². The van der Waals surface area contributed by atoms with Crippen molar-refractivity contribution in [3.05, 3.63) is 12.2 Å². The zero-order valence-electron chi connectivity index (χ0n) is 8.69. The maximum Gasteiger partial charge on any atom is 0.0784 e. The molecule has 1 atom stereocenters. The molecule has 0 radical (unpaired) electrons. The van der Waals surface area contributed by atoms with Gasteiger partial charge in [-0.25, -0.2) is 0 Å². The maximum atomic E-state index is 8.43. The van der Waals surface area contributed by atoms with Crippen molar-refractivity contribution < 1.29 is 14.6 Å². The topological polar surface area (TPSA) is 38.7 Å². The number of ether oxygens (including phenoxy) is 2. The van der Waals surface area contributed by atoms with Crippen molar-refractivity contribution in [2.24, 2.45) is 0 Å². The lowest BCUT2D eigenvalue weighted by Gasteiger charge is -2.15. The second-order valence-corrected chi connectivity index (χ2v) is 3.19. The first-order valence-corrected chi connectivity index (χ1v) is 4.66. The molecule has 0 aliphatic rings. The Morgan fingerprint density at radius 2 is 1.92 bits per heavy atom. The molecule has 0 bridgehead atoms. The predicted molar refractivity (Wildman–Crippen MR) is 52.7 cm³/mol. The highest BCUT2D eigenvalue weighted by molar-refractivity contribution is 4.80. The molecule has 0 spiro atoms. The molecule has 0 aromatic rings. The van der Waals surface area contributed by atoms with Crippen LogP contribution in [0.3, 0.4) is 0 Å². The zero-order valence-corrected chi connectivity index (χ0v) is 8.69. The number of rotatable bonds is 7. The van der Waals surface area contributed by atoms with Gasteiger partial charge in [0.15, 0.2) is 0 Å². The molecule has 0 aromatic heterocycles. The van der Waals surface area contributed by atoms with Crippen molar-refractivity contribution in [3.63, 3.8) is 0 Å². The molecule has 0 fully saturated rings. The number of aliphatic hydroxyl groups excluding tert-OH is 1. The van der Waals surface area contributed by atoms with E-state index < -0.39 is 0 Å². The fourth-order valence-electron chi connectivity index (χ4n) is 0.949. The summed E-state index contributed by atoms with van der Waals surface area (Å²) in [5.74, 6) is 0. The summed E-state index contributed by atoms with van der Waals surface area (Å²) < 4.78 is 10.7. The summed E-state index contributed by atoms with van der Waals surface area (Å²) in [6.07, 6.45) is 3.82. The quantitative estimate of drug-likeness (QED) is 0.484. The average Bonchev–Trinajstić information content (AvgIpc) is 2.02. The minimum Gasteiger partial charge on any atom is -0.392 e. The third kappa shape index (κ3) is 9.53. The van der Waals surface area contributed by atoms with Crippen LogP contribution in [-0.4, -0.2) is 37.1 Å². The lowest BCUT2D eigenvalue weighted by Crippen LogP contribution is -2.20. The standard InChI is InChI=1S/C10H20O3/c1-9(2)13-10(3)8-12-7-5-4-6-11/h4-5,9-11H,6-8H2,1-3H3/b5-4-/t10-/m1/s1. The van der Waals surface area contributed by atoms with Crippen molar-refractivity contribution >= 4 is 0 Å². The maximum absolute atomic E-state index is 8.43. The number of hydrogen-bond acceptors (Lipinski definition) is 3.